The molecule has 0 aromatic heterocycles. The van der Waals surface area contributed by atoms with E-state index in [0.717, 1.165) is 0 Å². The van der Waals surface area contributed by atoms with E-state index < -0.39 is 17.7 Å². The van der Waals surface area contributed by atoms with Crippen molar-refractivity contribution in [3.63, 3.8) is 0 Å². The van der Waals surface area contributed by atoms with Crippen LogP contribution in [0.3, 0.4) is 0 Å². The maximum absolute atomic E-state index is 13.2. The SMILES string of the molecule is COc1cc(C2/C(=C(\O)c3ccc4c(c3)OCCO4)C(=O)C(=O)N2CCCN(C)C)cc(Br)c1O. The van der Waals surface area contributed by atoms with Gasteiger partial charge in [0.2, 0.25) is 0 Å². The topological polar surface area (TPSA) is 109 Å². The number of benzene rings is 2. The molecule has 0 bridgehead atoms. The lowest BCUT2D eigenvalue weighted by molar-refractivity contribution is -0.139. The van der Waals surface area contributed by atoms with Crippen molar-refractivity contribution in [2.75, 3.05) is 47.5 Å². The van der Waals surface area contributed by atoms with Crippen LogP contribution in [0.2, 0.25) is 0 Å². The number of hydrogen-bond acceptors (Lipinski definition) is 8. The zero-order valence-electron chi connectivity index (χ0n) is 19.7. The average molecular weight is 547 g/mol. The van der Waals surface area contributed by atoms with Crippen LogP contribution in [0.5, 0.6) is 23.0 Å². The lowest BCUT2D eigenvalue weighted by Crippen LogP contribution is -2.32. The van der Waals surface area contributed by atoms with Crippen LogP contribution in [-0.2, 0) is 9.59 Å². The molecule has 0 spiro atoms. The van der Waals surface area contributed by atoms with Crippen LogP contribution in [0.1, 0.15) is 23.6 Å². The fraction of sp³-hybridized carbons (Fsp3) is 0.360. The zero-order valence-corrected chi connectivity index (χ0v) is 21.3. The molecule has 186 valence electrons. The number of ether oxygens (including phenoxy) is 3. The molecule has 2 aromatic rings. The molecule has 0 saturated carbocycles. The Balaban J connectivity index is 1.84. The third-order valence-electron chi connectivity index (χ3n) is 5.95. The maximum atomic E-state index is 13.2. The van der Waals surface area contributed by atoms with Gasteiger partial charge in [-0.2, -0.15) is 0 Å². The third-order valence-corrected chi connectivity index (χ3v) is 6.55. The molecule has 35 heavy (non-hydrogen) atoms. The van der Waals surface area contributed by atoms with Gasteiger partial charge in [0.1, 0.15) is 19.0 Å². The van der Waals surface area contributed by atoms with Crippen molar-refractivity contribution in [3.05, 3.63) is 51.5 Å². The van der Waals surface area contributed by atoms with Crippen LogP contribution in [-0.4, -0.2) is 79.2 Å². The Kier molecular flexibility index (Phi) is 7.23. The number of carbonyl (C=O) groups is 2. The van der Waals surface area contributed by atoms with Crippen LogP contribution in [0.25, 0.3) is 5.76 Å². The van der Waals surface area contributed by atoms with Gasteiger partial charge in [-0.1, -0.05) is 0 Å². The highest BCUT2D eigenvalue weighted by molar-refractivity contribution is 9.10. The molecule has 1 fully saturated rings. The van der Waals surface area contributed by atoms with Gasteiger partial charge in [-0.25, -0.2) is 0 Å². The smallest absolute Gasteiger partial charge is 0.295 e. The second kappa shape index (κ2) is 10.2. The number of likely N-dealkylation sites (tertiary alicyclic amines) is 1. The van der Waals surface area contributed by atoms with Gasteiger partial charge in [-0.3, -0.25) is 9.59 Å². The minimum absolute atomic E-state index is 0.0452. The Morgan fingerprint density at radius 1 is 1.17 bits per heavy atom. The van der Waals surface area contributed by atoms with E-state index in [4.69, 9.17) is 14.2 Å². The van der Waals surface area contributed by atoms with Crippen molar-refractivity contribution in [1.29, 1.82) is 0 Å². The molecule has 2 N–H and O–H groups in total. The first kappa shape index (κ1) is 24.9. The van der Waals surface area contributed by atoms with Crippen LogP contribution < -0.4 is 14.2 Å². The molecule has 9 nitrogen and oxygen atoms in total. The Hall–Kier alpha value is -3.24. The fourth-order valence-electron chi connectivity index (χ4n) is 4.27. The Bertz CT molecular complexity index is 1190. The number of aromatic hydroxyl groups is 1. The number of ketones is 1. The minimum Gasteiger partial charge on any atom is -0.507 e. The van der Waals surface area contributed by atoms with Gasteiger partial charge < -0.3 is 34.2 Å². The molecule has 1 saturated heterocycles. The highest BCUT2D eigenvalue weighted by Gasteiger charge is 2.46. The number of methoxy groups -OCH3 is 1. The summed E-state index contributed by atoms with van der Waals surface area (Å²) in [5.41, 5.74) is 0.793. The van der Waals surface area contributed by atoms with Crippen LogP contribution in [0.4, 0.5) is 0 Å². The van der Waals surface area contributed by atoms with Gasteiger partial charge >= 0.3 is 0 Å². The van der Waals surface area contributed by atoms with Crippen molar-refractivity contribution < 1.29 is 34.0 Å². The number of hydrogen-bond donors (Lipinski definition) is 2. The van der Waals surface area contributed by atoms with E-state index in [0.29, 0.717) is 59.8 Å². The van der Waals surface area contributed by atoms with Crippen LogP contribution >= 0.6 is 15.9 Å². The number of amides is 1. The quantitative estimate of drug-likeness (QED) is 0.309. The largest absolute Gasteiger partial charge is 0.507 e. The molecule has 2 aliphatic rings. The van der Waals surface area contributed by atoms with Gasteiger partial charge in [0.25, 0.3) is 11.7 Å². The van der Waals surface area contributed by atoms with Gasteiger partial charge in [-0.05, 0) is 78.9 Å². The third kappa shape index (κ3) is 4.81. The average Bonchev–Trinajstić information content (AvgIpc) is 3.09. The van der Waals surface area contributed by atoms with Crippen molar-refractivity contribution in [2.24, 2.45) is 0 Å². The fourth-order valence-corrected chi connectivity index (χ4v) is 4.73. The molecular formula is C25H27BrN2O7. The van der Waals surface area contributed by atoms with Gasteiger partial charge in [0.05, 0.1) is 23.2 Å². The number of aliphatic hydroxyl groups is 1. The van der Waals surface area contributed by atoms with Crippen LogP contribution in [0, 0.1) is 0 Å². The first-order valence-electron chi connectivity index (χ1n) is 11.1. The van der Waals surface area contributed by atoms with E-state index in [1.807, 2.05) is 19.0 Å². The summed E-state index contributed by atoms with van der Waals surface area (Å²) >= 11 is 3.32. The monoisotopic (exact) mass is 546 g/mol. The van der Waals surface area contributed by atoms with Gasteiger partial charge in [0.15, 0.2) is 23.0 Å². The molecule has 2 aromatic carbocycles. The number of halogens is 1. The number of phenols is 1. The summed E-state index contributed by atoms with van der Waals surface area (Å²) in [4.78, 5) is 29.8. The summed E-state index contributed by atoms with van der Waals surface area (Å²) in [5, 5.41) is 21.6. The molecule has 2 heterocycles. The molecule has 2 aliphatic heterocycles. The van der Waals surface area contributed by atoms with Crippen molar-refractivity contribution in [2.45, 2.75) is 12.5 Å². The lowest BCUT2D eigenvalue weighted by atomic mass is 9.94. The van der Waals surface area contributed by atoms with E-state index in [1.165, 1.54) is 12.0 Å². The number of Topliss-reactive ketones (excluding diaryl/α,β-unsaturated/α-hetero) is 1. The Morgan fingerprint density at radius 2 is 1.89 bits per heavy atom. The van der Waals surface area contributed by atoms with Gasteiger partial charge in [0, 0.05) is 12.1 Å². The minimum atomic E-state index is -0.879. The molecule has 1 atom stereocenters. The standard InChI is InChI=1S/C25H27BrN2O7/c1-27(2)7-4-8-28-21(15-11-16(26)23(30)19(13-15)33-3)20(24(31)25(28)32)22(29)14-5-6-17-18(12-14)35-10-9-34-17/h5-6,11-13,21,29-30H,4,7-10H2,1-3H3/b22-20+. The first-order chi connectivity index (χ1) is 16.7. The summed E-state index contributed by atoms with van der Waals surface area (Å²) in [6.07, 6.45) is 0.622. The molecule has 1 unspecified atom stereocenters. The van der Waals surface area contributed by atoms with E-state index in [-0.39, 0.29) is 22.8 Å². The van der Waals surface area contributed by atoms with E-state index in [9.17, 15) is 19.8 Å². The predicted octanol–water partition coefficient (Wildman–Crippen LogP) is 3.31. The second-order valence-electron chi connectivity index (χ2n) is 8.56. The predicted molar refractivity (Wildman–Crippen MR) is 132 cm³/mol. The molecular weight excluding hydrogens is 520 g/mol. The van der Waals surface area contributed by atoms with E-state index in [1.54, 1.807) is 30.3 Å². The number of carbonyl (C=O) groups excluding carboxylic acids is 2. The summed E-state index contributed by atoms with van der Waals surface area (Å²) in [7, 11) is 5.26. The Labute approximate surface area is 211 Å². The number of fused-ring (bicyclic) bond motifs is 1. The molecule has 0 aliphatic carbocycles. The van der Waals surface area contributed by atoms with Crippen molar-refractivity contribution in [3.8, 4) is 23.0 Å². The maximum Gasteiger partial charge on any atom is 0.295 e. The molecule has 0 radical (unpaired) electrons. The van der Waals surface area contributed by atoms with Gasteiger partial charge in [-0.15, -0.1) is 0 Å². The second-order valence-corrected chi connectivity index (χ2v) is 9.42. The summed E-state index contributed by atoms with van der Waals surface area (Å²) in [6.45, 7) is 1.80. The lowest BCUT2D eigenvalue weighted by Gasteiger charge is -2.26. The first-order valence-corrected chi connectivity index (χ1v) is 11.9. The zero-order chi connectivity index (χ0) is 25.3. The number of rotatable bonds is 7. The Morgan fingerprint density at radius 3 is 2.57 bits per heavy atom. The van der Waals surface area contributed by atoms with Crippen LogP contribution in [0.15, 0.2) is 40.4 Å². The summed E-state index contributed by atoms with van der Waals surface area (Å²) < 4.78 is 16.8. The molecule has 10 heteroatoms. The summed E-state index contributed by atoms with van der Waals surface area (Å²) in [5.74, 6) is -0.734. The van der Waals surface area contributed by atoms with Crippen molar-refractivity contribution >= 4 is 33.4 Å². The molecule has 4 rings (SSSR count). The van der Waals surface area contributed by atoms with E-state index in [2.05, 4.69) is 15.9 Å². The highest BCUT2D eigenvalue weighted by atomic mass is 79.9. The highest BCUT2D eigenvalue weighted by Crippen LogP contribution is 2.45. The van der Waals surface area contributed by atoms with E-state index >= 15 is 0 Å². The number of phenolic OH excluding ortho intramolecular Hbond substituents is 1. The summed E-state index contributed by atoms with van der Waals surface area (Å²) in [6, 6.07) is 7.17. The van der Waals surface area contributed by atoms with Crippen molar-refractivity contribution in [1.82, 2.24) is 9.80 Å². The molecule has 1 amide bonds. The normalized spacial score (nSPS) is 18.9. The number of aliphatic hydroxyl groups excluding tert-OH is 1. The number of nitrogens with zero attached hydrogens (tertiary/aromatic N) is 2.